The smallest absolute Gasteiger partial charge is 0.423 e. The normalized spacial score (nSPS) is 13.3. The van der Waals surface area contributed by atoms with Gasteiger partial charge in [0, 0.05) is 23.5 Å². The lowest BCUT2D eigenvalue weighted by molar-refractivity contribution is 0.0527. The molecule has 0 aliphatic carbocycles. The Morgan fingerprint density at radius 1 is 1.10 bits per heavy atom. The van der Waals surface area contributed by atoms with Crippen molar-refractivity contribution in [1.82, 2.24) is 29.7 Å². The molecule has 0 amide bonds. The Labute approximate surface area is 235 Å². The van der Waals surface area contributed by atoms with Crippen LogP contribution in [-0.4, -0.2) is 53.1 Å². The zero-order valence-electron chi connectivity index (χ0n) is 23.5. The molecule has 0 spiro atoms. The van der Waals surface area contributed by atoms with E-state index in [0.29, 0.717) is 22.6 Å². The van der Waals surface area contributed by atoms with Crippen LogP contribution in [0.2, 0.25) is 0 Å². The van der Waals surface area contributed by atoms with Crippen molar-refractivity contribution in [3.8, 4) is 17.1 Å². The van der Waals surface area contributed by atoms with Gasteiger partial charge in [0.1, 0.15) is 28.4 Å². The Kier molecular flexibility index (Phi) is 7.03. The Morgan fingerprint density at radius 3 is 2.46 bits per heavy atom. The van der Waals surface area contributed by atoms with Crippen LogP contribution in [0.1, 0.15) is 56.1 Å². The molecule has 5 aromatic rings. The number of ether oxygens (including phenoxy) is 2. The third-order valence-corrected chi connectivity index (χ3v) is 6.32. The number of fused-ring (bicyclic) bond motifs is 1. The maximum absolute atomic E-state index is 14.0. The summed E-state index contributed by atoms with van der Waals surface area (Å²) in [5.74, 6) is -0.0678. The van der Waals surface area contributed by atoms with Crippen LogP contribution in [0.3, 0.4) is 0 Å². The van der Waals surface area contributed by atoms with E-state index in [-0.39, 0.29) is 40.6 Å². The molecule has 212 valence electrons. The van der Waals surface area contributed by atoms with Gasteiger partial charge in [0.15, 0.2) is 5.60 Å². The number of rotatable bonds is 6. The van der Waals surface area contributed by atoms with Crippen molar-refractivity contribution in [2.45, 2.75) is 52.7 Å². The van der Waals surface area contributed by atoms with Crippen LogP contribution < -0.4 is 4.74 Å². The molecule has 4 aromatic heterocycles. The van der Waals surface area contributed by atoms with Crippen LogP contribution in [0.15, 0.2) is 53.6 Å². The fourth-order valence-corrected chi connectivity index (χ4v) is 4.66. The number of hydrogen-bond acceptors (Lipinski definition) is 10. The van der Waals surface area contributed by atoms with E-state index in [1.807, 2.05) is 0 Å². The average molecular weight is 561 g/mol. The van der Waals surface area contributed by atoms with Gasteiger partial charge < -0.3 is 19.1 Å². The highest BCUT2D eigenvalue weighted by atomic mass is 19.1. The van der Waals surface area contributed by atoms with E-state index in [0.717, 1.165) is 6.20 Å². The van der Waals surface area contributed by atoms with Gasteiger partial charge in [0.05, 0.1) is 35.9 Å². The Hall–Kier alpha value is -4.71. The summed E-state index contributed by atoms with van der Waals surface area (Å²) >= 11 is 0. The molecule has 4 heterocycles. The number of hydrogen-bond donors (Lipinski definition) is 1. The SMILES string of the molecule is CCOc1nc2c(C(O)(c3ccc(F)cn3)c3cnccn3)cc(-c3c(C)noc3C)cc2n1C(=O)OC(C)(C)C. The number of benzene rings is 1. The molecule has 0 aliphatic rings. The van der Waals surface area contributed by atoms with Crippen LogP contribution in [0.25, 0.3) is 22.2 Å². The zero-order chi connectivity index (χ0) is 29.5. The van der Waals surface area contributed by atoms with E-state index in [1.165, 1.54) is 35.3 Å². The van der Waals surface area contributed by atoms with E-state index in [4.69, 9.17) is 14.0 Å². The summed E-state index contributed by atoms with van der Waals surface area (Å²) in [6.45, 7) is 10.7. The molecule has 1 aromatic carbocycles. The summed E-state index contributed by atoms with van der Waals surface area (Å²) in [6.07, 6.45) is 4.53. The molecular weight excluding hydrogens is 531 g/mol. The number of aromatic nitrogens is 6. The number of pyridine rings is 1. The summed E-state index contributed by atoms with van der Waals surface area (Å²) in [7, 11) is 0. The molecule has 0 bridgehead atoms. The molecule has 5 rings (SSSR count). The third-order valence-electron chi connectivity index (χ3n) is 6.32. The minimum absolute atomic E-state index is 0.0394. The van der Waals surface area contributed by atoms with Crippen LogP contribution >= 0.6 is 0 Å². The molecule has 1 unspecified atom stereocenters. The predicted octanol–water partition coefficient (Wildman–Crippen LogP) is 5.10. The second-order valence-electron chi connectivity index (χ2n) is 10.4. The van der Waals surface area contributed by atoms with E-state index in [1.54, 1.807) is 53.7 Å². The lowest BCUT2D eigenvalue weighted by Gasteiger charge is -2.28. The highest BCUT2D eigenvalue weighted by molar-refractivity contribution is 5.94. The lowest BCUT2D eigenvalue weighted by Crippen LogP contribution is -2.32. The summed E-state index contributed by atoms with van der Waals surface area (Å²) in [5.41, 5.74) is -0.297. The van der Waals surface area contributed by atoms with Crippen molar-refractivity contribution in [2.24, 2.45) is 0 Å². The topological polar surface area (TPSA) is 138 Å². The molecule has 1 N–H and O–H groups in total. The van der Waals surface area contributed by atoms with Crippen molar-refractivity contribution in [1.29, 1.82) is 0 Å². The Balaban J connectivity index is 1.93. The fourth-order valence-electron chi connectivity index (χ4n) is 4.66. The number of nitrogens with zero attached hydrogens (tertiary/aromatic N) is 6. The molecule has 0 saturated heterocycles. The minimum atomic E-state index is -2.09. The van der Waals surface area contributed by atoms with Gasteiger partial charge in [0.25, 0.3) is 0 Å². The first-order valence-corrected chi connectivity index (χ1v) is 12.9. The van der Waals surface area contributed by atoms with Gasteiger partial charge >= 0.3 is 12.1 Å². The van der Waals surface area contributed by atoms with Crippen molar-refractivity contribution < 1.29 is 28.3 Å². The Bertz CT molecular complexity index is 1710. The summed E-state index contributed by atoms with van der Waals surface area (Å²) < 4.78 is 32.1. The summed E-state index contributed by atoms with van der Waals surface area (Å²) in [4.78, 5) is 30.9. The second-order valence-corrected chi connectivity index (χ2v) is 10.4. The van der Waals surface area contributed by atoms with Gasteiger partial charge in [-0.2, -0.15) is 9.55 Å². The van der Waals surface area contributed by atoms with Gasteiger partial charge in [-0.25, -0.2) is 9.18 Å². The van der Waals surface area contributed by atoms with Crippen LogP contribution in [0.4, 0.5) is 9.18 Å². The standard InChI is InChI=1S/C29H29FN6O5/c1-7-39-26-34-25-20(29(38,23-15-31-10-11-32-23)22-9-8-19(30)14-33-22)12-18(24-16(2)35-41-17(24)3)13-21(25)36(26)27(37)40-28(4,5)6/h8-15,38H,7H2,1-6H3. The van der Waals surface area contributed by atoms with Crippen molar-refractivity contribution >= 4 is 17.1 Å². The molecule has 12 heteroatoms. The monoisotopic (exact) mass is 560 g/mol. The van der Waals surface area contributed by atoms with E-state index in [2.05, 4.69) is 25.1 Å². The van der Waals surface area contributed by atoms with Crippen LogP contribution in [0, 0.1) is 19.7 Å². The largest absolute Gasteiger partial charge is 0.465 e. The molecule has 41 heavy (non-hydrogen) atoms. The van der Waals surface area contributed by atoms with Crippen molar-refractivity contribution in [3.05, 3.63) is 83.3 Å². The molecule has 0 radical (unpaired) electrons. The predicted molar refractivity (Wildman–Crippen MR) is 146 cm³/mol. The summed E-state index contributed by atoms with van der Waals surface area (Å²) in [6, 6.07) is 5.91. The van der Waals surface area contributed by atoms with Gasteiger partial charge in [-0.3, -0.25) is 15.0 Å². The highest BCUT2D eigenvalue weighted by Gasteiger charge is 2.41. The number of halogens is 1. The molecule has 0 fully saturated rings. The summed E-state index contributed by atoms with van der Waals surface area (Å²) in [5, 5.41) is 16.7. The number of aryl methyl sites for hydroxylation is 2. The zero-order valence-corrected chi connectivity index (χ0v) is 23.5. The average Bonchev–Trinajstić information content (AvgIpc) is 3.46. The second kappa shape index (κ2) is 10.4. The highest BCUT2D eigenvalue weighted by Crippen LogP contribution is 2.42. The van der Waals surface area contributed by atoms with Gasteiger partial charge in [-0.1, -0.05) is 5.16 Å². The third kappa shape index (κ3) is 5.02. The maximum Gasteiger partial charge on any atom is 0.423 e. The first-order valence-electron chi connectivity index (χ1n) is 12.9. The number of imidazole rings is 1. The molecule has 0 saturated carbocycles. The lowest BCUT2D eigenvalue weighted by atomic mass is 9.84. The number of carbonyl (C=O) groups excluding carboxylic acids is 1. The number of aliphatic hydroxyl groups is 1. The van der Waals surface area contributed by atoms with E-state index < -0.39 is 23.1 Å². The van der Waals surface area contributed by atoms with Gasteiger partial charge in [-0.15, -0.1) is 0 Å². The fraction of sp³-hybridized carbons (Fsp3) is 0.310. The first-order chi connectivity index (χ1) is 19.4. The Morgan fingerprint density at radius 2 is 1.88 bits per heavy atom. The van der Waals surface area contributed by atoms with E-state index >= 15 is 0 Å². The first kappa shape index (κ1) is 27.8. The van der Waals surface area contributed by atoms with Crippen LogP contribution in [0.5, 0.6) is 6.01 Å². The van der Waals surface area contributed by atoms with E-state index in [9.17, 15) is 14.3 Å². The minimum Gasteiger partial charge on any atom is -0.465 e. The van der Waals surface area contributed by atoms with Crippen LogP contribution in [-0.2, 0) is 10.3 Å². The molecular formula is C29H29FN6O5. The van der Waals surface area contributed by atoms with Crippen molar-refractivity contribution in [3.63, 3.8) is 0 Å². The molecule has 1 atom stereocenters. The number of carbonyl (C=O) groups is 1. The quantitative estimate of drug-likeness (QED) is 0.298. The molecule has 0 aliphatic heterocycles. The van der Waals surface area contributed by atoms with Crippen molar-refractivity contribution in [2.75, 3.05) is 6.61 Å². The van der Waals surface area contributed by atoms with Gasteiger partial charge in [-0.05, 0) is 71.4 Å². The van der Waals surface area contributed by atoms with Gasteiger partial charge in [0.2, 0.25) is 0 Å². The molecule has 11 nitrogen and oxygen atoms in total. The maximum atomic E-state index is 14.0.